The lowest BCUT2D eigenvalue weighted by atomic mass is 10.1. The second-order valence-corrected chi connectivity index (χ2v) is 3.16. The van der Waals surface area contributed by atoms with Crippen LogP contribution in [0.2, 0.25) is 0 Å². The maximum absolute atomic E-state index is 9.96. The number of aryl methyl sites for hydroxylation is 2. The van der Waals surface area contributed by atoms with Gasteiger partial charge in [0.25, 0.3) is 0 Å². The zero-order valence-electron chi connectivity index (χ0n) is 8.14. The summed E-state index contributed by atoms with van der Waals surface area (Å²) in [5.74, 6) is 0. The van der Waals surface area contributed by atoms with Crippen LogP contribution in [0.5, 0.6) is 0 Å². The van der Waals surface area contributed by atoms with Crippen LogP contribution in [0.3, 0.4) is 0 Å². The molecule has 0 aromatic heterocycles. The monoisotopic (exact) mass is 196 g/mol. The van der Waals surface area contributed by atoms with Gasteiger partial charge >= 0.3 is 5.09 Å². The topological polar surface area (TPSA) is 49.5 Å². The van der Waals surface area contributed by atoms with E-state index in [1.165, 1.54) is 11.1 Å². The van der Waals surface area contributed by atoms with E-state index in [2.05, 4.69) is 10.9 Å². The predicted molar refractivity (Wildman–Crippen MR) is 50.9 cm³/mol. The van der Waals surface area contributed by atoms with Gasteiger partial charge in [-0.15, -0.1) is 0 Å². The first-order chi connectivity index (χ1) is 6.68. The Morgan fingerprint density at radius 2 is 2.29 bits per heavy atom. The standard InChI is InChI=1S/C10H14NO3/c1-9-4-2-5-10(8-9)6-3-7-14-11(12)13/h2,4-5,8H,3,6-7H2,1H3,(H,12,13)/q+1. The highest BCUT2D eigenvalue weighted by Crippen LogP contribution is 2.06. The van der Waals surface area contributed by atoms with E-state index in [1.807, 2.05) is 25.1 Å². The van der Waals surface area contributed by atoms with Crippen molar-refractivity contribution in [2.45, 2.75) is 19.8 Å². The van der Waals surface area contributed by atoms with Crippen LogP contribution in [0.4, 0.5) is 0 Å². The number of nitrogens with zero attached hydrogens (tertiary/aromatic N) is 1. The molecule has 0 radical (unpaired) electrons. The van der Waals surface area contributed by atoms with Crippen molar-refractivity contribution in [3.05, 3.63) is 40.3 Å². The third-order valence-corrected chi connectivity index (χ3v) is 1.89. The highest BCUT2D eigenvalue weighted by atomic mass is 16.9. The van der Waals surface area contributed by atoms with Gasteiger partial charge in [-0.3, -0.25) is 0 Å². The van der Waals surface area contributed by atoms with Gasteiger partial charge in [0, 0.05) is 0 Å². The van der Waals surface area contributed by atoms with Crippen molar-refractivity contribution in [1.82, 2.24) is 0 Å². The molecule has 0 aliphatic rings. The predicted octanol–water partition coefficient (Wildman–Crippen LogP) is 2.03. The summed E-state index contributed by atoms with van der Waals surface area (Å²) in [6, 6.07) is 8.15. The summed E-state index contributed by atoms with van der Waals surface area (Å²) in [5, 5.41) is 7.65. The number of rotatable bonds is 5. The molecule has 0 fully saturated rings. The Hall–Kier alpha value is -1.58. The lowest BCUT2D eigenvalue weighted by Gasteiger charge is -1.99. The highest BCUT2D eigenvalue weighted by Gasteiger charge is 2.03. The molecule has 0 saturated carbocycles. The van der Waals surface area contributed by atoms with Crippen molar-refractivity contribution in [3.8, 4) is 0 Å². The molecule has 0 atom stereocenters. The minimum Gasteiger partial charge on any atom is -0.200 e. The van der Waals surface area contributed by atoms with E-state index in [9.17, 15) is 4.91 Å². The summed E-state index contributed by atoms with van der Waals surface area (Å²) >= 11 is 0. The van der Waals surface area contributed by atoms with E-state index in [-0.39, 0.29) is 6.61 Å². The molecule has 0 saturated heterocycles. The molecule has 76 valence electrons. The SMILES string of the molecule is Cc1cccc(CCCO[N+](=O)O)c1. The fourth-order valence-electron chi connectivity index (χ4n) is 1.29. The van der Waals surface area contributed by atoms with Crippen molar-refractivity contribution >= 4 is 0 Å². The minimum atomic E-state index is -0.504. The molecule has 0 heterocycles. The Labute approximate surface area is 82.6 Å². The molecule has 14 heavy (non-hydrogen) atoms. The third-order valence-electron chi connectivity index (χ3n) is 1.89. The Kier molecular flexibility index (Phi) is 3.91. The quantitative estimate of drug-likeness (QED) is 0.579. The largest absolute Gasteiger partial charge is 0.475 e. The maximum Gasteiger partial charge on any atom is 0.475 e. The van der Waals surface area contributed by atoms with E-state index >= 15 is 0 Å². The van der Waals surface area contributed by atoms with Gasteiger partial charge in [0.05, 0.1) is 0 Å². The highest BCUT2D eigenvalue weighted by molar-refractivity contribution is 5.22. The van der Waals surface area contributed by atoms with Crippen molar-refractivity contribution in [3.63, 3.8) is 0 Å². The van der Waals surface area contributed by atoms with E-state index in [0.717, 1.165) is 6.42 Å². The van der Waals surface area contributed by atoms with Crippen LogP contribution in [-0.2, 0) is 11.3 Å². The maximum atomic E-state index is 9.96. The Morgan fingerprint density at radius 3 is 2.93 bits per heavy atom. The van der Waals surface area contributed by atoms with Crippen molar-refractivity contribution < 1.29 is 15.1 Å². The number of hydrogen-bond donors (Lipinski definition) is 1. The van der Waals surface area contributed by atoms with Crippen LogP contribution in [0.15, 0.2) is 24.3 Å². The van der Waals surface area contributed by atoms with E-state index in [4.69, 9.17) is 5.21 Å². The summed E-state index contributed by atoms with van der Waals surface area (Å²) in [7, 11) is 0. The second kappa shape index (κ2) is 5.21. The van der Waals surface area contributed by atoms with Gasteiger partial charge < -0.3 is 0 Å². The van der Waals surface area contributed by atoms with Crippen LogP contribution in [0, 0.1) is 11.8 Å². The fraction of sp³-hybridized carbons (Fsp3) is 0.400. The average molecular weight is 196 g/mol. The Morgan fingerprint density at radius 1 is 1.50 bits per heavy atom. The molecule has 0 aliphatic carbocycles. The normalized spacial score (nSPS) is 9.79. The van der Waals surface area contributed by atoms with Gasteiger partial charge in [0.1, 0.15) is 4.91 Å². The zero-order chi connectivity index (χ0) is 10.4. The number of benzene rings is 1. The number of hydrogen-bond acceptors (Lipinski definition) is 2. The smallest absolute Gasteiger partial charge is 0.200 e. The van der Waals surface area contributed by atoms with Crippen LogP contribution in [0.1, 0.15) is 17.5 Å². The molecule has 1 rings (SSSR count). The Bertz CT molecular complexity index is 312. The minimum absolute atomic E-state index is 0.230. The molecule has 1 aromatic carbocycles. The summed E-state index contributed by atoms with van der Waals surface area (Å²) in [6.45, 7) is 2.26. The van der Waals surface area contributed by atoms with Gasteiger partial charge in [-0.25, -0.2) is 5.21 Å². The fourth-order valence-corrected chi connectivity index (χ4v) is 1.29. The lowest BCUT2D eigenvalue weighted by molar-refractivity contribution is -0.975. The molecular formula is C10H14NO3+. The first-order valence-electron chi connectivity index (χ1n) is 4.53. The van der Waals surface area contributed by atoms with Gasteiger partial charge in [0.15, 0.2) is 6.61 Å². The molecule has 0 amide bonds. The van der Waals surface area contributed by atoms with Crippen molar-refractivity contribution in [1.29, 1.82) is 0 Å². The van der Waals surface area contributed by atoms with E-state index in [0.29, 0.717) is 6.42 Å². The van der Waals surface area contributed by atoms with Gasteiger partial charge in [-0.05, 0) is 25.3 Å². The van der Waals surface area contributed by atoms with Gasteiger partial charge in [-0.1, -0.05) is 29.8 Å². The van der Waals surface area contributed by atoms with E-state index in [1.54, 1.807) is 0 Å². The summed E-state index contributed by atoms with van der Waals surface area (Å²) in [6.07, 6.45) is 1.55. The Balaban J connectivity index is 2.28. The van der Waals surface area contributed by atoms with Crippen LogP contribution < -0.4 is 0 Å². The average Bonchev–Trinajstić information content (AvgIpc) is 2.12. The molecular weight excluding hydrogens is 182 g/mol. The summed E-state index contributed by atoms with van der Waals surface area (Å²) in [4.78, 5) is 14.3. The summed E-state index contributed by atoms with van der Waals surface area (Å²) < 4.78 is 0. The molecule has 4 nitrogen and oxygen atoms in total. The lowest BCUT2D eigenvalue weighted by Crippen LogP contribution is -2.05. The molecule has 0 aliphatic heterocycles. The van der Waals surface area contributed by atoms with Crippen LogP contribution in [0.25, 0.3) is 0 Å². The van der Waals surface area contributed by atoms with Crippen molar-refractivity contribution in [2.24, 2.45) is 0 Å². The molecule has 0 bridgehead atoms. The van der Waals surface area contributed by atoms with E-state index < -0.39 is 5.09 Å². The molecule has 1 aromatic rings. The van der Waals surface area contributed by atoms with Gasteiger partial charge in [0.2, 0.25) is 0 Å². The second-order valence-electron chi connectivity index (χ2n) is 3.16. The third kappa shape index (κ3) is 3.89. The first kappa shape index (κ1) is 10.5. The van der Waals surface area contributed by atoms with Crippen LogP contribution >= 0.6 is 0 Å². The van der Waals surface area contributed by atoms with Gasteiger partial charge in [-0.2, -0.15) is 4.84 Å². The molecule has 1 N–H and O–H groups in total. The molecule has 4 heteroatoms. The molecule has 0 spiro atoms. The summed E-state index contributed by atoms with van der Waals surface area (Å²) in [5.41, 5.74) is 2.43. The first-order valence-corrected chi connectivity index (χ1v) is 4.53. The zero-order valence-corrected chi connectivity index (χ0v) is 8.14. The van der Waals surface area contributed by atoms with Crippen LogP contribution in [-0.4, -0.2) is 16.9 Å². The molecule has 0 unspecified atom stereocenters. The van der Waals surface area contributed by atoms with Crippen molar-refractivity contribution in [2.75, 3.05) is 6.61 Å².